The van der Waals surface area contributed by atoms with Crippen LogP contribution in [0.2, 0.25) is 0 Å². The van der Waals surface area contributed by atoms with Gasteiger partial charge in [-0.05, 0) is 49.1 Å². The quantitative estimate of drug-likeness (QED) is 0.901. The van der Waals surface area contributed by atoms with E-state index in [-0.39, 0.29) is 17.4 Å². The zero-order chi connectivity index (χ0) is 19.0. The Kier molecular flexibility index (Phi) is 4.46. The van der Waals surface area contributed by atoms with Gasteiger partial charge in [-0.2, -0.15) is 0 Å². The zero-order valence-electron chi connectivity index (χ0n) is 16.0. The number of benzene rings is 2. The van der Waals surface area contributed by atoms with Crippen molar-refractivity contribution in [2.24, 2.45) is 5.92 Å². The van der Waals surface area contributed by atoms with Crippen molar-refractivity contribution in [1.29, 1.82) is 0 Å². The van der Waals surface area contributed by atoms with Crippen molar-refractivity contribution < 1.29 is 19.0 Å². The van der Waals surface area contributed by atoms with Gasteiger partial charge in [0.1, 0.15) is 18.0 Å². The van der Waals surface area contributed by atoms with Gasteiger partial charge in [0.15, 0.2) is 11.5 Å². The fourth-order valence-electron chi connectivity index (χ4n) is 3.83. The van der Waals surface area contributed by atoms with E-state index in [1.807, 2.05) is 30.3 Å². The standard InChI is InChI=1S/C22H25NO4/c1-22(2)11-16-9-14(7-8-18(16)27-22)12-23-21(24)17-10-15-5-4-6-19(25-3)20(15)26-13-17/h4-9,17H,10-13H2,1-3H3,(H,23,24). The lowest BCUT2D eigenvalue weighted by molar-refractivity contribution is -0.126. The molecule has 2 heterocycles. The summed E-state index contributed by atoms with van der Waals surface area (Å²) in [5.41, 5.74) is 3.14. The number of ether oxygens (including phenoxy) is 3. The molecular weight excluding hydrogens is 342 g/mol. The molecule has 0 aromatic heterocycles. The van der Waals surface area contributed by atoms with Crippen molar-refractivity contribution in [2.75, 3.05) is 13.7 Å². The fraction of sp³-hybridized carbons (Fsp3) is 0.409. The third-order valence-corrected chi connectivity index (χ3v) is 5.14. The number of hydrogen-bond donors (Lipinski definition) is 1. The number of rotatable bonds is 4. The maximum atomic E-state index is 12.6. The Bertz CT molecular complexity index is 875. The van der Waals surface area contributed by atoms with E-state index >= 15 is 0 Å². The predicted molar refractivity (Wildman–Crippen MR) is 102 cm³/mol. The molecule has 0 saturated carbocycles. The van der Waals surface area contributed by atoms with Crippen LogP contribution in [0.5, 0.6) is 17.2 Å². The van der Waals surface area contributed by atoms with Crippen LogP contribution < -0.4 is 19.5 Å². The molecule has 0 bridgehead atoms. The van der Waals surface area contributed by atoms with Gasteiger partial charge in [-0.25, -0.2) is 0 Å². The molecule has 1 N–H and O–H groups in total. The number of amides is 1. The highest BCUT2D eigenvalue weighted by atomic mass is 16.5. The summed E-state index contributed by atoms with van der Waals surface area (Å²) in [7, 11) is 1.63. The highest BCUT2D eigenvalue weighted by Crippen LogP contribution is 2.36. The number of para-hydroxylation sites is 1. The van der Waals surface area contributed by atoms with Crippen LogP contribution in [0.1, 0.15) is 30.5 Å². The third-order valence-electron chi connectivity index (χ3n) is 5.14. The number of carbonyl (C=O) groups is 1. The first-order valence-corrected chi connectivity index (χ1v) is 9.32. The lowest BCUT2D eigenvalue weighted by Crippen LogP contribution is -2.37. The largest absolute Gasteiger partial charge is 0.493 e. The van der Waals surface area contributed by atoms with Crippen molar-refractivity contribution in [3.63, 3.8) is 0 Å². The highest BCUT2D eigenvalue weighted by Gasteiger charge is 2.30. The van der Waals surface area contributed by atoms with E-state index in [1.54, 1.807) is 7.11 Å². The molecule has 2 aromatic rings. The average molecular weight is 367 g/mol. The molecule has 5 nitrogen and oxygen atoms in total. The van der Waals surface area contributed by atoms with Crippen molar-refractivity contribution in [1.82, 2.24) is 5.32 Å². The van der Waals surface area contributed by atoms with Crippen LogP contribution in [0, 0.1) is 5.92 Å². The van der Waals surface area contributed by atoms with Gasteiger partial charge in [-0.1, -0.05) is 24.3 Å². The summed E-state index contributed by atoms with van der Waals surface area (Å²) in [5.74, 6) is 2.24. The van der Waals surface area contributed by atoms with Crippen LogP contribution in [-0.2, 0) is 24.2 Å². The Morgan fingerprint density at radius 3 is 2.93 bits per heavy atom. The topological polar surface area (TPSA) is 56.8 Å². The zero-order valence-corrected chi connectivity index (χ0v) is 16.0. The monoisotopic (exact) mass is 367 g/mol. The number of nitrogens with one attached hydrogen (secondary N) is 1. The van der Waals surface area contributed by atoms with Gasteiger partial charge in [0.05, 0.1) is 13.0 Å². The minimum absolute atomic E-state index is 0.0144. The summed E-state index contributed by atoms with van der Waals surface area (Å²) in [5, 5.41) is 3.05. The molecule has 0 aliphatic carbocycles. The molecule has 142 valence electrons. The Labute approximate surface area is 159 Å². The van der Waals surface area contributed by atoms with Gasteiger partial charge in [-0.3, -0.25) is 4.79 Å². The summed E-state index contributed by atoms with van der Waals surface area (Å²) in [6.07, 6.45) is 1.55. The molecule has 2 aromatic carbocycles. The first kappa shape index (κ1) is 17.7. The van der Waals surface area contributed by atoms with Gasteiger partial charge < -0.3 is 19.5 Å². The number of hydrogen-bond acceptors (Lipinski definition) is 4. The summed E-state index contributed by atoms with van der Waals surface area (Å²) in [4.78, 5) is 12.6. The molecule has 5 heteroatoms. The molecule has 1 unspecified atom stereocenters. The van der Waals surface area contributed by atoms with Gasteiger partial charge in [0.25, 0.3) is 0 Å². The maximum Gasteiger partial charge on any atom is 0.227 e. The van der Waals surface area contributed by atoms with Gasteiger partial charge in [0, 0.05) is 13.0 Å². The molecule has 0 spiro atoms. The summed E-state index contributed by atoms with van der Waals surface area (Å²) >= 11 is 0. The minimum atomic E-state index is -0.193. The number of methoxy groups -OCH3 is 1. The van der Waals surface area contributed by atoms with Crippen LogP contribution in [0.4, 0.5) is 0 Å². The number of fused-ring (bicyclic) bond motifs is 2. The SMILES string of the molecule is COc1cccc2c1OCC(C(=O)NCc1ccc3c(c1)CC(C)(C)O3)C2. The maximum absolute atomic E-state index is 12.6. The van der Waals surface area contributed by atoms with Crippen LogP contribution in [0.15, 0.2) is 36.4 Å². The van der Waals surface area contributed by atoms with Crippen LogP contribution in [0.3, 0.4) is 0 Å². The molecule has 1 atom stereocenters. The van der Waals surface area contributed by atoms with Gasteiger partial charge >= 0.3 is 0 Å². The van der Waals surface area contributed by atoms with E-state index in [0.717, 1.165) is 34.8 Å². The second-order valence-corrected chi connectivity index (χ2v) is 7.86. The lowest BCUT2D eigenvalue weighted by atomic mass is 9.95. The Morgan fingerprint density at radius 1 is 1.26 bits per heavy atom. The van der Waals surface area contributed by atoms with E-state index in [0.29, 0.717) is 19.6 Å². The Morgan fingerprint density at radius 2 is 2.11 bits per heavy atom. The molecule has 1 amide bonds. The molecule has 4 rings (SSSR count). The highest BCUT2D eigenvalue weighted by molar-refractivity contribution is 5.79. The van der Waals surface area contributed by atoms with Crippen LogP contribution >= 0.6 is 0 Å². The summed E-state index contributed by atoms with van der Waals surface area (Å²) in [6.45, 7) is 5.05. The second-order valence-electron chi connectivity index (χ2n) is 7.86. The van der Waals surface area contributed by atoms with Crippen LogP contribution in [0.25, 0.3) is 0 Å². The molecule has 0 radical (unpaired) electrons. The Hall–Kier alpha value is -2.69. The molecule has 2 aliphatic rings. The van der Waals surface area contributed by atoms with E-state index in [4.69, 9.17) is 14.2 Å². The van der Waals surface area contributed by atoms with Crippen molar-refractivity contribution in [3.8, 4) is 17.2 Å². The fourth-order valence-corrected chi connectivity index (χ4v) is 3.83. The van der Waals surface area contributed by atoms with Crippen molar-refractivity contribution in [3.05, 3.63) is 53.1 Å². The third kappa shape index (κ3) is 3.59. The Balaban J connectivity index is 1.38. The minimum Gasteiger partial charge on any atom is -0.493 e. The first-order valence-electron chi connectivity index (χ1n) is 9.32. The van der Waals surface area contributed by atoms with Crippen LogP contribution in [-0.4, -0.2) is 25.2 Å². The average Bonchev–Trinajstić information content (AvgIpc) is 2.98. The van der Waals surface area contributed by atoms with E-state index < -0.39 is 0 Å². The molecule has 2 aliphatic heterocycles. The normalized spacial score (nSPS) is 19.3. The second kappa shape index (κ2) is 6.80. The van der Waals surface area contributed by atoms with E-state index in [1.165, 1.54) is 5.56 Å². The molecule has 0 saturated heterocycles. The molecule has 27 heavy (non-hydrogen) atoms. The van der Waals surface area contributed by atoms with Crippen molar-refractivity contribution in [2.45, 2.75) is 38.8 Å². The smallest absolute Gasteiger partial charge is 0.227 e. The van der Waals surface area contributed by atoms with Gasteiger partial charge in [0.2, 0.25) is 5.91 Å². The summed E-state index contributed by atoms with van der Waals surface area (Å²) in [6, 6.07) is 11.9. The van der Waals surface area contributed by atoms with Crippen molar-refractivity contribution >= 4 is 5.91 Å². The molecule has 0 fully saturated rings. The van der Waals surface area contributed by atoms with Gasteiger partial charge in [-0.15, -0.1) is 0 Å². The lowest BCUT2D eigenvalue weighted by Gasteiger charge is -2.25. The molecular formula is C22H25NO4. The van der Waals surface area contributed by atoms with E-state index in [2.05, 4.69) is 25.2 Å². The number of carbonyl (C=O) groups excluding carboxylic acids is 1. The predicted octanol–water partition coefficient (Wildman–Crippen LogP) is 3.28. The summed E-state index contributed by atoms with van der Waals surface area (Å²) < 4.78 is 17.0. The van der Waals surface area contributed by atoms with E-state index in [9.17, 15) is 4.79 Å². The first-order chi connectivity index (χ1) is 12.9.